The smallest absolute Gasteiger partial charge is 0.388 e. The minimum Gasteiger partial charge on any atom is -0.388 e. The summed E-state index contributed by atoms with van der Waals surface area (Å²) in [6, 6.07) is 1.21. The van der Waals surface area contributed by atoms with E-state index in [2.05, 4.69) is 18.3 Å². The molecule has 8 atom stereocenters. The summed E-state index contributed by atoms with van der Waals surface area (Å²) in [5.74, 6) is -1.35. The van der Waals surface area contributed by atoms with Crippen molar-refractivity contribution < 1.29 is 67.3 Å². The summed E-state index contributed by atoms with van der Waals surface area (Å²) < 4.78 is 42.5. The largest absolute Gasteiger partial charge is 0.481 e. The fourth-order valence-electron chi connectivity index (χ4n) is 2.63. The molecule has 9 N–H and O–H groups in total. The standard InChI is InChI=1S/C14H23N3O15P2/c15-9-1-2-17(14(24)16-9)13-12(23)11(22)8(31-13)5-30-34(27,28)32-33(25,26)29-4-7(20)10(21)6(19)3-18/h1-2,7-8,10-13,18,20-23H,3-5H2,(H,25,26)(H,27,28)(H2,15,16,24)/t7-,8-,10+,11-,12-,13-/m1/s1. The van der Waals surface area contributed by atoms with Crippen molar-refractivity contribution in [1.29, 1.82) is 0 Å². The number of carbonyl (C=O) groups is 1. The third-order valence-electron chi connectivity index (χ3n) is 4.33. The Hall–Kier alpha value is -1.63. The van der Waals surface area contributed by atoms with Crippen LogP contribution in [0, 0.1) is 0 Å². The van der Waals surface area contributed by atoms with Crippen molar-refractivity contribution in [2.75, 3.05) is 25.6 Å². The van der Waals surface area contributed by atoms with Crippen molar-refractivity contribution in [3.05, 3.63) is 22.7 Å². The average Bonchev–Trinajstić information content (AvgIpc) is 3.03. The minimum atomic E-state index is -5.41. The maximum atomic E-state index is 12.0. The number of rotatable bonds is 12. The van der Waals surface area contributed by atoms with E-state index >= 15 is 0 Å². The van der Waals surface area contributed by atoms with Crippen LogP contribution in [-0.2, 0) is 32.0 Å². The van der Waals surface area contributed by atoms with Gasteiger partial charge in [0.2, 0.25) is 0 Å². The number of hydrogen-bond acceptors (Lipinski definition) is 15. The second kappa shape index (κ2) is 11.4. The lowest BCUT2D eigenvalue weighted by molar-refractivity contribution is -0.137. The van der Waals surface area contributed by atoms with E-state index in [-0.39, 0.29) is 5.82 Å². The molecule has 18 nitrogen and oxygen atoms in total. The van der Waals surface area contributed by atoms with Crippen molar-refractivity contribution >= 4 is 27.2 Å². The fourth-order valence-corrected chi connectivity index (χ4v) is 4.73. The molecule has 0 amide bonds. The Bertz CT molecular complexity index is 1020. The number of aliphatic hydroxyl groups excluding tert-OH is 5. The number of nitrogens with zero attached hydrogens (tertiary/aromatic N) is 2. The quantitative estimate of drug-likeness (QED) is 0.118. The highest BCUT2D eigenvalue weighted by atomic mass is 31.3. The first-order valence-corrected chi connectivity index (χ1v) is 12.2. The molecular weight excluding hydrogens is 512 g/mol. The Morgan fingerprint density at radius 2 is 1.82 bits per heavy atom. The number of nitrogen functional groups attached to an aromatic ring is 1. The first-order chi connectivity index (χ1) is 15.7. The zero-order valence-electron chi connectivity index (χ0n) is 17.0. The summed E-state index contributed by atoms with van der Waals surface area (Å²) in [6.45, 7) is -3.34. The molecule has 0 aromatic carbocycles. The second-order valence-corrected chi connectivity index (χ2v) is 9.88. The number of carbonyl (C=O) groups excluding carboxylic acids is 1. The normalized spacial score (nSPS) is 28.1. The Morgan fingerprint density at radius 1 is 1.21 bits per heavy atom. The van der Waals surface area contributed by atoms with Crippen molar-refractivity contribution in [2.24, 2.45) is 0 Å². The Balaban J connectivity index is 1.94. The summed E-state index contributed by atoms with van der Waals surface area (Å²) in [5, 5.41) is 47.6. The van der Waals surface area contributed by atoms with Gasteiger partial charge in [-0.3, -0.25) is 18.4 Å². The molecule has 2 heterocycles. The van der Waals surface area contributed by atoms with Gasteiger partial charge < -0.3 is 45.8 Å². The minimum absolute atomic E-state index is 0.120. The topological polar surface area (TPSA) is 291 Å². The molecule has 1 aliphatic heterocycles. The molecule has 194 valence electrons. The van der Waals surface area contributed by atoms with E-state index in [1.54, 1.807) is 0 Å². The lowest BCUT2D eigenvalue weighted by Gasteiger charge is -2.20. The highest BCUT2D eigenvalue weighted by Gasteiger charge is 2.46. The third kappa shape index (κ3) is 7.43. The van der Waals surface area contributed by atoms with Crippen LogP contribution in [0.3, 0.4) is 0 Å². The summed E-state index contributed by atoms with van der Waals surface area (Å²) in [5.41, 5.74) is 4.43. The Kier molecular flexibility index (Phi) is 9.59. The van der Waals surface area contributed by atoms with Crippen LogP contribution in [0.2, 0.25) is 0 Å². The molecular formula is C14H23N3O15P2. The molecule has 0 aliphatic carbocycles. The van der Waals surface area contributed by atoms with Crippen LogP contribution in [0.4, 0.5) is 5.82 Å². The number of ketones is 1. The van der Waals surface area contributed by atoms with Crippen LogP contribution < -0.4 is 11.4 Å². The van der Waals surface area contributed by atoms with Gasteiger partial charge in [0, 0.05) is 6.20 Å². The van der Waals surface area contributed by atoms with Crippen LogP contribution >= 0.6 is 15.6 Å². The van der Waals surface area contributed by atoms with Crippen molar-refractivity contribution in [1.82, 2.24) is 9.55 Å². The lowest BCUT2D eigenvalue weighted by atomic mass is 10.1. The van der Waals surface area contributed by atoms with Gasteiger partial charge in [-0.15, -0.1) is 0 Å². The van der Waals surface area contributed by atoms with Crippen LogP contribution in [0.25, 0.3) is 0 Å². The molecule has 1 fully saturated rings. The highest BCUT2D eigenvalue weighted by Crippen LogP contribution is 2.60. The Labute approximate surface area is 190 Å². The molecule has 0 bridgehead atoms. The van der Waals surface area contributed by atoms with E-state index in [4.69, 9.17) is 15.6 Å². The summed E-state index contributed by atoms with van der Waals surface area (Å²) >= 11 is 0. The second-order valence-electron chi connectivity index (χ2n) is 6.84. The predicted molar refractivity (Wildman–Crippen MR) is 106 cm³/mol. The number of ether oxygens (including phenoxy) is 1. The zero-order chi connectivity index (χ0) is 25.8. The van der Waals surface area contributed by atoms with Gasteiger partial charge in [0.05, 0.1) is 13.2 Å². The van der Waals surface area contributed by atoms with Gasteiger partial charge in [0.1, 0.15) is 42.9 Å². The fraction of sp³-hybridized carbons (Fsp3) is 0.643. The molecule has 34 heavy (non-hydrogen) atoms. The van der Waals surface area contributed by atoms with Gasteiger partial charge in [-0.1, -0.05) is 0 Å². The first kappa shape index (κ1) is 28.6. The number of aliphatic hydroxyl groups is 5. The molecule has 2 rings (SSSR count). The number of phosphoric acid groups is 2. The summed E-state index contributed by atoms with van der Waals surface area (Å²) in [6.07, 6.45) is -9.60. The molecule has 1 aromatic rings. The SMILES string of the molecule is Nc1ccn([C@@H]2O[C@H](COP(=O)(O)OP(=O)(O)OC[C@@H](O)[C@@H](O)C(=O)CO)[C@@H](O)[C@H]2O)c(=O)n1. The molecule has 0 saturated carbocycles. The van der Waals surface area contributed by atoms with E-state index in [9.17, 15) is 48.9 Å². The summed E-state index contributed by atoms with van der Waals surface area (Å²) in [4.78, 5) is 45.5. The van der Waals surface area contributed by atoms with E-state index in [1.165, 1.54) is 6.07 Å². The number of anilines is 1. The number of phosphoric ester groups is 2. The monoisotopic (exact) mass is 535 g/mol. The molecule has 1 aromatic heterocycles. The maximum absolute atomic E-state index is 12.0. The average molecular weight is 535 g/mol. The number of aromatic nitrogens is 2. The van der Waals surface area contributed by atoms with Gasteiger partial charge in [-0.25, -0.2) is 13.9 Å². The van der Waals surface area contributed by atoms with E-state index in [0.717, 1.165) is 10.8 Å². The van der Waals surface area contributed by atoms with Gasteiger partial charge in [0.15, 0.2) is 12.0 Å². The molecule has 2 unspecified atom stereocenters. The van der Waals surface area contributed by atoms with E-state index in [1.807, 2.05) is 0 Å². The van der Waals surface area contributed by atoms with Crippen LogP contribution in [0.5, 0.6) is 0 Å². The van der Waals surface area contributed by atoms with E-state index in [0.29, 0.717) is 0 Å². The summed E-state index contributed by atoms with van der Waals surface area (Å²) in [7, 11) is -10.8. The molecule has 20 heteroatoms. The highest BCUT2D eigenvalue weighted by molar-refractivity contribution is 7.61. The van der Waals surface area contributed by atoms with Crippen molar-refractivity contribution in [2.45, 2.75) is 36.7 Å². The molecule has 1 aliphatic rings. The molecule has 1 saturated heterocycles. The van der Waals surface area contributed by atoms with Crippen LogP contribution in [0.1, 0.15) is 6.23 Å². The zero-order valence-corrected chi connectivity index (χ0v) is 18.8. The maximum Gasteiger partial charge on any atom is 0.481 e. The Morgan fingerprint density at radius 3 is 2.41 bits per heavy atom. The van der Waals surface area contributed by atoms with Crippen LogP contribution in [0.15, 0.2) is 17.1 Å². The van der Waals surface area contributed by atoms with E-state index < -0.39 is 83.7 Å². The van der Waals surface area contributed by atoms with Gasteiger partial charge in [-0.05, 0) is 6.07 Å². The van der Waals surface area contributed by atoms with Gasteiger partial charge in [0.25, 0.3) is 0 Å². The number of nitrogens with two attached hydrogens (primary N) is 1. The van der Waals surface area contributed by atoms with Crippen LogP contribution in [-0.4, -0.2) is 101 Å². The first-order valence-electron chi connectivity index (χ1n) is 9.19. The van der Waals surface area contributed by atoms with Gasteiger partial charge >= 0.3 is 21.3 Å². The predicted octanol–water partition coefficient (Wildman–Crippen LogP) is -4.02. The van der Waals surface area contributed by atoms with Crippen molar-refractivity contribution in [3.8, 4) is 0 Å². The molecule has 0 radical (unpaired) electrons. The van der Waals surface area contributed by atoms with Crippen molar-refractivity contribution in [3.63, 3.8) is 0 Å². The number of Topliss-reactive ketones (excluding diaryl/α,β-unsaturated/α-hetero) is 1. The van der Waals surface area contributed by atoms with Gasteiger partial charge in [-0.2, -0.15) is 9.29 Å². The number of hydrogen-bond donors (Lipinski definition) is 8. The third-order valence-corrected chi connectivity index (χ3v) is 6.93. The molecule has 0 spiro atoms. The lowest BCUT2D eigenvalue weighted by Crippen LogP contribution is -2.38.